The van der Waals surface area contributed by atoms with Crippen LogP contribution in [0.4, 0.5) is 0 Å². The number of hydrogen-bond acceptors (Lipinski definition) is 5. The van der Waals surface area contributed by atoms with E-state index in [1.807, 2.05) is 0 Å². The second kappa shape index (κ2) is 6.00. The molecule has 2 amide bonds. The van der Waals surface area contributed by atoms with Crippen LogP contribution in [-0.2, 0) is 19.1 Å². The summed E-state index contributed by atoms with van der Waals surface area (Å²) in [6.45, 7) is 0.928. The molecule has 20 heavy (non-hydrogen) atoms. The number of amides is 2. The lowest BCUT2D eigenvalue weighted by molar-refractivity contribution is -0.143. The smallest absolute Gasteiger partial charge is 0.305 e. The molecule has 0 radical (unpaired) electrons. The van der Waals surface area contributed by atoms with Crippen molar-refractivity contribution in [2.24, 2.45) is 5.10 Å². The quantitative estimate of drug-likeness (QED) is 0.738. The van der Waals surface area contributed by atoms with Crippen molar-refractivity contribution in [3.63, 3.8) is 0 Å². The largest absolute Gasteiger partial charge is 0.481 e. The lowest BCUT2D eigenvalue weighted by Crippen LogP contribution is -2.52. The third kappa shape index (κ3) is 3.13. The van der Waals surface area contributed by atoms with Gasteiger partial charge >= 0.3 is 5.97 Å². The van der Waals surface area contributed by atoms with Gasteiger partial charge in [0.1, 0.15) is 5.71 Å². The predicted molar refractivity (Wildman–Crippen MR) is 68.0 cm³/mol. The van der Waals surface area contributed by atoms with E-state index in [9.17, 15) is 14.4 Å². The zero-order valence-electron chi connectivity index (χ0n) is 11.2. The van der Waals surface area contributed by atoms with Gasteiger partial charge in [0, 0.05) is 26.4 Å². The monoisotopic (exact) mass is 283 g/mol. The minimum absolute atomic E-state index is 0.134. The number of ether oxygens (including phenoxy) is 1. The van der Waals surface area contributed by atoms with Gasteiger partial charge in [0.2, 0.25) is 5.91 Å². The summed E-state index contributed by atoms with van der Waals surface area (Å²) in [5, 5.41) is 14.0. The fourth-order valence-corrected chi connectivity index (χ4v) is 2.28. The standard InChI is InChI=1S/C12H17N3O5/c1-14-10(16)3-2-9(13-14)12(19)15-4-5-20-7-8(15)6-11(17)18/h8H,2-7H2,1H3,(H,17,18). The van der Waals surface area contributed by atoms with E-state index >= 15 is 0 Å². The number of carboxylic acid groups (broad SMARTS) is 1. The van der Waals surface area contributed by atoms with Crippen LogP contribution in [-0.4, -0.2) is 71.4 Å². The van der Waals surface area contributed by atoms with Gasteiger partial charge in [-0.3, -0.25) is 14.4 Å². The molecule has 1 atom stereocenters. The summed E-state index contributed by atoms with van der Waals surface area (Å²) in [6.07, 6.45) is 0.377. The van der Waals surface area contributed by atoms with E-state index in [4.69, 9.17) is 9.84 Å². The molecule has 2 rings (SSSR count). The van der Waals surface area contributed by atoms with Gasteiger partial charge in [-0.2, -0.15) is 5.10 Å². The molecule has 1 unspecified atom stereocenters. The fourth-order valence-electron chi connectivity index (χ4n) is 2.28. The second-order valence-electron chi connectivity index (χ2n) is 4.79. The van der Waals surface area contributed by atoms with Crippen LogP contribution in [0, 0.1) is 0 Å². The Labute approximate surface area is 116 Å². The van der Waals surface area contributed by atoms with Crippen LogP contribution in [0.3, 0.4) is 0 Å². The maximum Gasteiger partial charge on any atom is 0.305 e. The second-order valence-corrected chi connectivity index (χ2v) is 4.79. The van der Waals surface area contributed by atoms with Crippen molar-refractivity contribution in [2.75, 3.05) is 26.8 Å². The minimum atomic E-state index is -0.976. The summed E-state index contributed by atoms with van der Waals surface area (Å²) < 4.78 is 5.23. The summed E-state index contributed by atoms with van der Waals surface area (Å²) in [5.74, 6) is -1.42. The number of nitrogens with zero attached hydrogens (tertiary/aromatic N) is 3. The van der Waals surface area contributed by atoms with Crippen molar-refractivity contribution in [2.45, 2.75) is 25.3 Å². The molecule has 2 aliphatic heterocycles. The van der Waals surface area contributed by atoms with Gasteiger partial charge in [-0.25, -0.2) is 5.01 Å². The maximum atomic E-state index is 12.4. The summed E-state index contributed by atoms with van der Waals surface area (Å²) in [6, 6.07) is -0.487. The zero-order chi connectivity index (χ0) is 14.7. The van der Waals surface area contributed by atoms with Gasteiger partial charge in [0.05, 0.1) is 25.7 Å². The average Bonchev–Trinajstić information content (AvgIpc) is 2.41. The van der Waals surface area contributed by atoms with Crippen molar-refractivity contribution in [3.05, 3.63) is 0 Å². The van der Waals surface area contributed by atoms with E-state index in [0.717, 1.165) is 5.01 Å². The lowest BCUT2D eigenvalue weighted by atomic mass is 10.1. The molecule has 0 aromatic rings. The number of rotatable bonds is 3. The Morgan fingerprint density at radius 2 is 2.20 bits per heavy atom. The van der Waals surface area contributed by atoms with Crippen molar-refractivity contribution in [1.29, 1.82) is 0 Å². The molecule has 0 aromatic carbocycles. The number of aliphatic carboxylic acids is 1. The molecule has 2 heterocycles. The third-order valence-electron chi connectivity index (χ3n) is 3.35. The maximum absolute atomic E-state index is 12.4. The third-order valence-corrected chi connectivity index (χ3v) is 3.35. The average molecular weight is 283 g/mol. The van der Waals surface area contributed by atoms with E-state index in [1.165, 1.54) is 11.9 Å². The summed E-state index contributed by atoms with van der Waals surface area (Å²) >= 11 is 0. The molecule has 0 spiro atoms. The van der Waals surface area contributed by atoms with E-state index in [1.54, 1.807) is 0 Å². The topological polar surface area (TPSA) is 99.5 Å². The first-order valence-electron chi connectivity index (χ1n) is 6.43. The number of carbonyl (C=O) groups excluding carboxylic acids is 2. The lowest BCUT2D eigenvalue weighted by Gasteiger charge is -2.35. The van der Waals surface area contributed by atoms with Crippen molar-refractivity contribution < 1.29 is 24.2 Å². The molecule has 8 nitrogen and oxygen atoms in total. The molecule has 2 aliphatic rings. The van der Waals surface area contributed by atoms with Crippen LogP contribution in [0.1, 0.15) is 19.3 Å². The number of hydrazone groups is 1. The van der Waals surface area contributed by atoms with Crippen LogP contribution >= 0.6 is 0 Å². The van der Waals surface area contributed by atoms with Gasteiger partial charge in [0.15, 0.2) is 0 Å². The number of hydrogen-bond donors (Lipinski definition) is 1. The molecule has 0 bridgehead atoms. The van der Waals surface area contributed by atoms with E-state index in [-0.39, 0.29) is 31.3 Å². The van der Waals surface area contributed by atoms with E-state index in [0.29, 0.717) is 25.3 Å². The summed E-state index contributed by atoms with van der Waals surface area (Å²) in [4.78, 5) is 36.1. The van der Waals surface area contributed by atoms with E-state index in [2.05, 4.69) is 5.10 Å². The first kappa shape index (κ1) is 14.4. The Bertz CT molecular complexity index is 462. The molecule has 0 aliphatic carbocycles. The minimum Gasteiger partial charge on any atom is -0.481 e. The first-order valence-corrected chi connectivity index (χ1v) is 6.43. The highest BCUT2D eigenvalue weighted by Gasteiger charge is 2.33. The molecule has 1 saturated heterocycles. The van der Waals surface area contributed by atoms with Gasteiger partial charge in [-0.1, -0.05) is 0 Å². The zero-order valence-corrected chi connectivity index (χ0v) is 11.2. The van der Waals surface area contributed by atoms with Gasteiger partial charge < -0.3 is 14.7 Å². The molecule has 1 fully saturated rings. The van der Waals surface area contributed by atoms with Crippen molar-refractivity contribution in [3.8, 4) is 0 Å². The molecule has 110 valence electrons. The Balaban J connectivity index is 2.11. The SMILES string of the molecule is CN1N=C(C(=O)N2CCOCC2CC(=O)O)CCC1=O. The number of carboxylic acids is 1. The Morgan fingerprint density at radius 3 is 2.85 bits per heavy atom. The molecule has 0 aromatic heterocycles. The molecular weight excluding hydrogens is 266 g/mol. The molecule has 0 saturated carbocycles. The summed E-state index contributed by atoms with van der Waals surface area (Å²) in [7, 11) is 1.50. The van der Waals surface area contributed by atoms with Gasteiger partial charge in [-0.15, -0.1) is 0 Å². The number of morpholine rings is 1. The van der Waals surface area contributed by atoms with Gasteiger partial charge in [-0.05, 0) is 0 Å². The Hall–Kier alpha value is -1.96. The van der Waals surface area contributed by atoms with Gasteiger partial charge in [0.25, 0.3) is 5.91 Å². The predicted octanol–water partition coefficient (Wildman–Crippen LogP) is -0.703. The Morgan fingerprint density at radius 1 is 1.45 bits per heavy atom. The van der Waals surface area contributed by atoms with Crippen LogP contribution < -0.4 is 0 Å². The highest BCUT2D eigenvalue weighted by atomic mass is 16.5. The van der Waals surface area contributed by atoms with Crippen molar-refractivity contribution >= 4 is 23.5 Å². The van der Waals surface area contributed by atoms with E-state index < -0.39 is 12.0 Å². The molecule has 8 heteroatoms. The fraction of sp³-hybridized carbons (Fsp3) is 0.667. The van der Waals surface area contributed by atoms with Crippen LogP contribution in [0.25, 0.3) is 0 Å². The normalized spacial score (nSPS) is 23.6. The molecular formula is C12H17N3O5. The first-order chi connectivity index (χ1) is 9.49. The van der Waals surface area contributed by atoms with Crippen LogP contribution in [0.5, 0.6) is 0 Å². The highest BCUT2D eigenvalue weighted by Crippen LogP contribution is 2.15. The van der Waals surface area contributed by atoms with Crippen LogP contribution in [0.15, 0.2) is 5.10 Å². The summed E-state index contributed by atoms with van der Waals surface area (Å²) in [5.41, 5.74) is 0.296. The van der Waals surface area contributed by atoms with Crippen molar-refractivity contribution in [1.82, 2.24) is 9.91 Å². The van der Waals surface area contributed by atoms with Crippen LogP contribution in [0.2, 0.25) is 0 Å². The number of carbonyl (C=O) groups is 3. The molecule has 1 N–H and O–H groups in total. The Kier molecular flexibility index (Phi) is 4.33. The highest BCUT2D eigenvalue weighted by molar-refractivity contribution is 6.39.